The number of unbranched alkanes of at least 4 members (excludes halogenated alkanes) is 2. The van der Waals surface area contributed by atoms with E-state index in [4.69, 9.17) is 0 Å². The Labute approximate surface area is 139 Å². The SMILES string of the molecule is CCCCCNc1ccc(NC(=O)Cc2ccccc2C)cc1. The average Bonchev–Trinajstić information content (AvgIpc) is 2.55. The Kier molecular flexibility index (Phi) is 6.67. The molecule has 0 saturated heterocycles. The molecule has 0 aromatic heterocycles. The highest BCUT2D eigenvalue weighted by molar-refractivity contribution is 5.92. The summed E-state index contributed by atoms with van der Waals surface area (Å²) in [6.07, 6.45) is 4.07. The van der Waals surface area contributed by atoms with Gasteiger partial charge in [-0.05, 0) is 48.7 Å². The number of carbonyl (C=O) groups is 1. The molecule has 3 heteroatoms. The number of benzene rings is 2. The summed E-state index contributed by atoms with van der Waals surface area (Å²) in [6.45, 7) is 5.23. The van der Waals surface area contributed by atoms with Gasteiger partial charge in [-0.3, -0.25) is 4.79 Å². The van der Waals surface area contributed by atoms with Gasteiger partial charge in [-0.1, -0.05) is 44.0 Å². The molecular weight excluding hydrogens is 284 g/mol. The number of amides is 1. The molecular formula is C20H26N2O. The summed E-state index contributed by atoms with van der Waals surface area (Å²) in [5.74, 6) is 0.0166. The molecule has 0 radical (unpaired) electrons. The Balaban J connectivity index is 1.83. The van der Waals surface area contributed by atoms with Gasteiger partial charge in [0, 0.05) is 17.9 Å². The molecule has 0 spiro atoms. The second kappa shape index (κ2) is 8.99. The molecule has 0 saturated carbocycles. The van der Waals surface area contributed by atoms with E-state index in [-0.39, 0.29) is 5.91 Å². The van der Waals surface area contributed by atoms with Crippen molar-refractivity contribution < 1.29 is 4.79 Å². The van der Waals surface area contributed by atoms with Crippen LogP contribution in [0.4, 0.5) is 11.4 Å². The van der Waals surface area contributed by atoms with Crippen molar-refractivity contribution in [2.24, 2.45) is 0 Å². The van der Waals surface area contributed by atoms with E-state index >= 15 is 0 Å². The van der Waals surface area contributed by atoms with Gasteiger partial charge in [0.15, 0.2) is 0 Å². The van der Waals surface area contributed by atoms with Crippen LogP contribution in [0.5, 0.6) is 0 Å². The van der Waals surface area contributed by atoms with E-state index in [0.29, 0.717) is 6.42 Å². The van der Waals surface area contributed by atoms with E-state index in [1.165, 1.54) is 19.3 Å². The highest BCUT2D eigenvalue weighted by atomic mass is 16.1. The van der Waals surface area contributed by atoms with Crippen LogP contribution in [0.15, 0.2) is 48.5 Å². The van der Waals surface area contributed by atoms with Gasteiger partial charge in [0.05, 0.1) is 6.42 Å². The van der Waals surface area contributed by atoms with Crippen LogP contribution in [0.25, 0.3) is 0 Å². The predicted octanol–water partition coefficient (Wildman–Crippen LogP) is 4.78. The first kappa shape index (κ1) is 17.1. The Bertz CT molecular complexity index is 620. The summed E-state index contributed by atoms with van der Waals surface area (Å²) in [4.78, 5) is 12.1. The summed E-state index contributed by atoms with van der Waals surface area (Å²) >= 11 is 0. The summed E-state index contributed by atoms with van der Waals surface area (Å²) in [6, 6.07) is 15.9. The minimum Gasteiger partial charge on any atom is -0.385 e. The second-order valence-corrected chi connectivity index (χ2v) is 5.86. The Morgan fingerprint density at radius 1 is 0.957 bits per heavy atom. The predicted molar refractivity (Wildman–Crippen MR) is 98.0 cm³/mol. The highest BCUT2D eigenvalue weighted by Gasteiger charge is 2.06. The molecule has 0 bridgehead atoms. The summed E-state index contributed by atoms with van der Waals surface area (Å²) in [7, 11) is 0. The maximum absolute atomic E-state index is 12.1. The van der Waals surface area contributed by atoms with E-state index < -0.39 is 0 Å². The molecule has 0 unspecified atom stereocenters. The van der Waals surface area contributed by atoms with Gasteiger partial charge in [-0.25, -0.2) is 0 Å². The van der Waals surface area contributed by atoms with E-state index in [9.17, 15) is 4.79 Å². The fourth-order valence-electron chi connectivity index (χ4n) is 2.47. The first-order chi connectivity index (χ1) is 11.2. The smallest absolute Gasteiger partial charge is 0.228 e. The molecule has 0 aliphatic carbocycles. The molecule has 2 aromatic rings. The number of nitrogens with one attached hydrogen (secondary N) is 2. The van der Waals surface area contributed by atoms with Crippen LogP contribution in [0.1, 0.15) is 37.3 Å². The van der Waals surface area contributed by atoms with Gasteiger partial charge in [-0.2, -0.15) is 0 Å². The first-order valence-corrected chi connectivity index (χ1v) is 8.37. The van der Waals surface area contributed by atoms with Crippen molar-refractivity contribution in [3.63, 3.8) is 0 Å². The largest absolute Gasteiger partial charge is 0.385 e. The third-order valence-corrected chi connectivity index (χ3v) is 3.89. The molecule has 2 N–H and O–H groups in total. The van der Waals surface area contributed by atoms with Crippen molar-refractivity contribution in [1.29, 1.82) is 0 Å². The molecule has 122 valence electrons. The van der Waals surface area contributed by atoms with Crippen LogP contribution in [0.2, 0.25) is 0 Å². The van der Waals surface area contributed by atoms with E-state index in [0.717, 1.165) is 29.0 Å². The molecule has 0 aliphatic rings. The lowest BCUT2D eigenvalue weighted by Gasteiger charge is -2.09. The average molecular weight is 310 g/mol. The summed E-state index contributed by atoms with van der Waals surface area (Å²) in [5.41, 5.74) is 4.15. The quantitative estimate of drug-likeness (QED) is 0.689. The lowest BCUT2D eigenvalue weighted by atomic mass is 10.1. The van der Waals surface area contributed by atoms with Crippen LogP contribution in [-0.2, 0) is 11.2 Å². The molecule has 2 rings (SSSR count). The van der Waals surface area contributed by atoms with Crippen molar-refractivity contribution >= 4 is 17.3 Å². The van der Waals surface area contributed by atoms with Gasteiger partial charge in [0.25, 0.3) is 0 Å². The summed E-state index contributed by atoms with van der Waals surface area (Å²) < 4.78 is 0. The molecule has 0 heterocycles. The normalized spacial score (nSPS) is 10.3. The Morgan fingerprint density at radius 2 is 1.65 bits per heavy atom. The molecule has 1 amide bonds. The number of hydrogen-bond donors (Lipinski definition) is 2. The van der Waals surface area contributed by atoms with E-state index in [2.05, 4.69) is 17.6 Å². The van der Waals surface area contributed by atoms with Crippen LogP contribution >= 0.6 is 0 Å². The van der Waals surface area contributed by atoms with Crippen LogP contribution in [0, 0.1) is 6.92 Å². The van der Waals surface area contributed by atoms with Crippen molar-refractivity contribution in [3.05, 3.63) is 59.7 Å². The fraction of sp³-hybridized carbons (Fsp3) is 0.350. The maximum Gasteiger partial charge on any atom is 0.228 e. The highest BCUT2D eigenvalue weighted by Crippen LogP contribution is 2.15. The minimum atomic E-state index is 0.0166. The topological polar surface area (TPSA) is 41.1 Å². The van der Waals surface area contributed by atoms with Gasteiger partial charge >= 0.3 is 0 Å². The standard InChI is InChI=1S/C20H26N2O/c1-3-4-7-14-21-18-10-12-19(13-11-18)22-20(23)15-17-9-6-5-8-16(17)2/h5-6,8-13,21H,3-4,7,14-15H2,1-2H3,(H,22,23). The molecule has 0 aliphatic heterocycles. The zero-order valence-corrected chi connectivity index (χ0v) is 14.1. The van der Waals surface area contributed by atoms with E-state index in [1.807, 2.05) is 55.5 Å². The lowest BCUT2D eigenvalue weighted by molar-refractivity contribution is -0.115. The van der Waals surface area contributed by atoms with Gasteiger partial charge in [0.2, 0.25) is 5.91 Å². The zero-order valence-electron chi connectivity index (χ0n) is 14.1. The minimum absolute atomic E-state index is 0.0166. The molecule has 3 nitrogen and oxygen atoms in total. The number of hydrogen-bond acceptors (Lipinski definition) is 2. The Hall–Kier alpha value is -2.29. The number of carbonyl (C=O) groups excluding carboxylic acids is 1. The van der Waals surface area contributed by atoms with Gasteiger partial charge in [-0.15, -0.1) is 0 Å². The summed E-state index contributed by atoms with van der Waals surface area (Å²) in [5, 5.41) is 6.35. The third kappa shape index (κ3) is 5.78. The van der Waals surface area contributed by atoms with E-state index in [1.54, 1.807) is 0 Å². The zero-order chi connectivity index (χ0) is 16.5. The van der Waals surface area contributed by atoms with Crippen molar-refractivity contribution in [3.8, 4) is 0 Å². The third-order valence-electron chi connectivity index (χ3n) is 3.89. The molecule has 0 fully saturated rings. The second-order valence-electron chi connectivity index (χ2n) is 5.86. The van der Waals surface area contributed by atoms with Crippen LogP contribution in [0.3, 0.4) is 0 Å². The van der Waals surface area contributed by atoms with Gasteiger partial charge in [0.1, 0.15) is 0 Å². The lowest BCUT2D eigenvalue weighted by Crippen LogP contribution is -2.15. The van der Waals surface area contributed by atoms with Crippen LogP contribution < -0.4 is 10.6 Å². The molecule has 2 aromatic carbocycles. The number of anilines is 2. The molecule has 0 atom stereocenters. The van der Waals surface area contributed by atoms with Crippen molar-refractivity contribution in [2.45, 2.75) is 39.5 Å². The number of rotatable bonds is 8. The first-order valence-electron chi connectivity index (χ1n) is 8.37. The van der Waals surface area contributed by atoms with Crippen molar-refractivity contribution in [2.75, 3.05) is 17.2 Å². The molecule has 23 heavy (non-hydrogen) atoms. The Morgan fingerprint density at radius 3 is 2.35 bits per heavy atom. The number of aryl methyl sites for hydroxylation is 1. The monoisotopic (exact) mass is 310 g/mol. The van der Waals surface area contributed by atoms with Crippen LogP contribution in [-0.4, -0.2) is 12.5 Å². The fourth-order valence-corrected chi connectivity index (χ4v) is 2.47. The maximum atomic E-state index is 12.1. The van der Waals surface area contributed by atoms with Gasteiger partial charge < -0.3 is 10.6 Å². The van der Waals surface area contributed by atoms with Crippen molar-refractivity contribution in [1.82, 2.24) is 0 Å².